The maximum atomic E-state index is 2.60. The van der Waals surface area contributed by atoms with Crippen molar-refractivity contribution in [2.75, 3.05) is 40.8 Å². The molecule has 2 rings (SSSR count). The van der Waals surface area contributed by atoms with E-state index in [2.05, 4.69) is 49.7 Å². The molecule has 0 saturated carbocycles. The number of hydrogen-bond acceptors (Lipinski definition) is 3. The molecular formula is C12H25N3. The molecule has 2 fully saturated rings. The Labute approximate surface area is 94.0 Å². The van der Waals surface area contributed by atoms with E-state index < -0.39 is 0 Å². The van der Waals surface area contributed by atoms with Gasteiger partial charge in [-0.2, -0.15) is 0 Å². The molecule has 15 heavy (non-hydrogen) atoms. The van der Waals surface area contributed by atoms with Gasteiger partial charge in [-0.05, 0) is 41.4 Å². The van der Waals surface area contributed by atoms with Gasteiger partial charge >= 0.3 is 0 Å². The summed E-state index contributed by atoms with van der Waals surface area (Å²) in [6.45, 7) is 8.43. The van der Waals surface area contributed by atoms with Crippen molar-refractivity contribution in [3.63, 3.8) is 0 Å². The fourth-order valence-corrected chi connectivity index (χ4v) is 2.85. The first kappa shape index (κ1) is 11.4. The van der Waals surface area contributed by atoms with E-state index in [4.69, 9.17) is 0 Å². The van der Waals surface area contributed by atoms with Crippen molar-refractivity contribution >= 4 is 0 Å². The summed E-state index contributed by atoms with van der Waals surface area (Å²) >= 11 is 0. The summed E-state index contributed by atoms with van der Waals surface area (Å²) < 4.78 is 0. The zero-order valence-corrected chi connectivity index (χ0v) is 10.8. The summed E-state index contributed by atoms with van der Waals surface area (Å²) in [5.41, 5.74) is 0.384. The van der Waals surface area contributed by atoms with Crippen LogP contribution in [0, 0.1) is 0 Å². The van der Waals surface area contributed by atoms with Crippen molar-refractivity contribution in [2.24, 2.45) is 0 Å². The highest BCUT2D eigenvalue weighted by Crippen LogP contribution is 2.31. The number of rotatable bonds is 2. The van der Waals surface area contributed by atoms with Gasteiger partial charge in [0.2, 0.25) is 0 Å². The van der Waals surface area contributed by atoms with Gasteiger partial charge in [0.15, 0.2) is 0 Å². The van der Waals surface area contributed by atoms with Crippen LogP contribution in [0.2, 0.25) is 0 Å². The van der Waals surface area contributed by atoms with E-state index in [1.807, 2.05) is 0 Å². The molecule has 0 unspecified atom stereocenters. The van der Waals surface area contributed by atoms with E-state index in [-0.39, 0.29) is 0 Å². The van der Waals surface area contributed by atoms with Crippen LogP contribution in [0.4, 0.5) is 0 Å². The second-order valence-corrected chi connectivity index (χ2v) is 6.09. The Bertz CT molecular complexity index is 233. The minimum atomic E-state index is 0.384. The zero-order chi connectivity index (χ0) is 11.2. The predicted octanol–water partition coefficient (Wildman–Crippen LogP) is 0.715. The lowest BCUT2D eigenvalue weighted by atomic mass is 9.98. The van der Waals surface area contributed by atoms with Crippen molar-refractivity contribution in [1.29, 1.82) is 0 Å². The Hall–Kier alpha value is -0.120. The third-order valence-corrected chi connectivity index (χ3v) is 4.45. The van der Waals surface area contributed by atoms with Crippen LogP contribution < -0.4 is 0 Å². The summed E-state index contributed by atoms with van der Waals surface area (Å²) in [6, 6.07) is 1.55. The quantitative estimate of drug-likeness (QED) is 0.666. The molecular weight excluding hydrogens is 186 g/mol. The Morgan fingerprint density at radius 3 is 2.07 bits per heavy atom. The molecule has 0 bridgehead atoms. The molecule has 0 spiro atoms. The monoisotopic (exact) mass is 211 g/mol. The summed E-state index contributed by atoms with van der Waals surface area (Å²) in [5.74, 6) is 0. The van der Waals surface area contributed by atoms with Gasteiger partial charge in [0.25, 0.3) is 0 Å². The third-order valence-electron chi connectivity index (χ3n) is 4.45. The largest absolute Gasteiger partial charge is 0.303 e. The van der Waals surface area contributed by atoms with Gasteiger partial charge in [0.1, 0.15) is 0 Å². The molecule has 0 aliphatic carbocycles. The van der Waals surface area contributed by atoms with Gasteiger partial charge in [-0.1, -0.05) is 0 Å². The van der Waals surface area contributed by atoms with Crippen molar-refractivity contribution in [2.45, 2.75) is 37.9 Å². The average molecular weight is 211 g/mol. The van der Waals surface area contributed by atoms with Crippen molar-refractivity contribution in [3.8, 4) is 0 Å². The summed E-state index contributed by atoms with van der Waals surface area (Å²) in [6.07, 6.45) is 1.31. The first-order chi connectivity index (χ1) is 6.90. The van der Waals surface area contributed by atoms with E-state index in [0.29, 0.717) is 5.54 Å². The van der Waals surface area contributed by atoms with E-state index >= 15 is 0 Å². The Morgan fingerprint density at radius 1 is 1.07 bits per heavy atom. The molecule has 0 amide bonds. The first-order valence-electron chi connectivity index (χ1n) is 6.02. The number of nitrogens with zero attached hydrogens (tertiary/aromatic N) is 3. The van der Waals surface area contributed by atoms with E-state index in [9.17, 15) is 0 Å². The number of hydrogen-bond donors (Lipinski definition) is 0. The minimum Gasteiger partial charge on any atom is -0.303 e. The van der Waals surface area contributed by atoms with E-state index in [1.165, 1.54) is 26.1 Å². The standard InChI is InChI=1S/C12H25N3/c1-12(2)6-10(9-14(12)4)15(5)11-7-13(3)8-11/h10-11H,6-9H2,1-5H3/t10-/m1/s1. The van der Waals surface area contributed by atoms with Gasteiger partial charge in [0.05, 0.1) is 0 Å². The molecule has 2 aliphatic rings. The SMILES string of the molecule is CN1CC(N(C)[C@H]2CN(C)C(C)(C)C2)C1. The summed E-state index contributed by atoms with van der Waals surface area (Å²) in [4.78, 5) is 7.49. The highest BCUT2D eigenvalue weighted by Gasteiger charge is 2.40. The van der Waals surface area contributed by atoms with Crippen LogP contribution in [0.15, 0.2) is 0 Å². The van der Waals surface area contributed by atoms with Crippen LogP contribution in [-0.2, 0) is 0 Å². The maximum absolute atomic E-state index is 2.60. The predicted molar refractivity (Wildman–Crippen MR) is 64.2 cm³/mol. The fraction of sp³-hybridized carbons (Fsp3) is 1.00. The van der Waals surface area contributed by atoms with Crippen LogP contribution in [0.3, 0.4) is 0 Å². The topological polar surface area (TPSA) is 9.72 Å². The smallest absolute Gasteiger partial charge is 0.0350 e. The molecule has 0 aromatic carbocycles. The van der Waals surface area contributed by atoms with Gasteiger partial charge in [0, 0.05) is 37.3 Å². The number of likely N-dealkylation sites (N-methyl/N-ethyl adjacent to an activating group) is 3. The molecule has 88 valence electrons. The Morgan fingerprint density at radius 2 is 1.67 bits per heavy atom. The normalized spacial score (nSPS) is 33.6. The molecule has 3 heteroatoms. The Kier molecular flexibility index (Phi) is 2.82. The molecule has 0 aromatic heterocycles. The third kappa shape index (κ3) is 2.05. The molecule has 0 aromatic rings. The lowest BCUT2D eigenvalue weighted by Gasteiger charge is -2.44. The average Bonchev–Trinajstić information content (AvgIpc) is 2.35. The second kappa shape index (κ2) is 3.72. The van der Waals surface area contributed by atoms with Gasteiger partial charge in [-0.15, -0.1) is 0 Å². The van der Waals surface area contributed by atoms with Crippen molar-refractivity contribution in [3.05, 3.63) is 0 Å². The minimum absolute atomic E-state index is 0.384. The van der Waals surface area contributed by atoms with Crippen LogP contribution in [0.5, 0.6) is 0 Å². The van der Waals surface area contributed by atoms with Crippen LogP contribution in [0.1, 0.15) is 20.3 Å². The lowest BCUT2D eigenvalue weighted by molar-refractivity contribution is 0.0448. The molecule has 1 atom stereocenters. The highest BCUT2D eigenvalue weighted by atomic mass is 15.3. The number of likely N-dealkylation sites (tertiary alicyclic amines) is 2. The maximum Gasteiger partial charge on any atom is 0.0350 e. The van der Waals surface area contributed by atoms with Gasteiger partial charge in [-0.3, -0.25) is 9.80 Å². The van der Waals surface area contributed by atoms with Crippen molar-refractivity contribution < 1.29 is 0 Å². The molecule has 2 saturated heterocycles. The van der Waals surface area contributed by atoms with Crippen LogP contribution in [0.25, 0.3) is 0 Å². The van der Waals surface area contributed by atoms with Crippen LogP contribution >= 0.6 is 0 Å². The van der Waals surface area contributed by atoms with Gasteiger partial charge < -0.3 is 4.90 Å². The highest BCUT2D eigenvalue weighted by molar-refractivity contribution is 4.98. The summed E-state index contributed by atoms with van der Waals surface area (Å²) in [5, 5.41) is 0. The molecule has 2 aliphatic heterocycles. The fourth-order valence-electron chi connectivity index (χ4n) is 2.85. The Balaban J connectivity index is 1.90. The molecule has 0 N–H and O–H groups in total. The zero-order valence-electron chi connectivity index (χ0n) is 10.8. The summed E-state index contributed by atoms with van der Waals surface area (Å²) in [7, 11) is 6.76. The van der Waals surface area contributed by atoms with Gasteiger partial charge in [-0.25, -0.2) is 0 Å². The second-order valence-electron chi connectivity index (χ2n) is 6.09. The van der Waals surface area contributed by atoms with E-state index in [0.717, 1.165) is 12.1 Å². The van der Waals surface area contributed by atoms with Crippen LogP contribution in [-0.4, -0.2) is 73.1 Å². The van der Waals surface area contributed by atoms with E-state index in [1.54, 1.807) is 0 Å². The molecule has 0 radical (unpaired) electrons. The lowest BCUT2D eigenvalue weighted by Crippen LogP contribution is -2.59. The molecule has 3 nitrogen and oxygen atoms in total. The first-order valence-corrected chi connectivity index (χ1v) is 6.02. The van der Waals surface area contributed by atoms with Crippen molar-refractivity contribution in [1.82, 2.24) is 14.7 Å². The molecule has 2 heterocycles.